The van der Waals surface area contributed by atoms with E-state index in [1.165, 1.54) is 12.5 Å². The van der Waals surface area contributed by atoms with Crippen molar-refractivity contribution < 1.29 is 82.1 Å². The number of aliphatic hydroxyl groups excluding tert-OH is 2. The SMILES string of the molecule is CC.CC.CC.CC.CC.CC.CC.CC.CCOC(=O)Cc1ccccc1C(C)(C)O.CCOC(=O)Cc1ccccc1C(C)=O.CCOC(=O)Cc1ccccc1C(C)C.CCOC(=O)Cc1ccccc1C(C)O.CCOC(=O)Cc1ccccc1C=O.CCOC(=O)Cc1ccccc1CO. The van der Waals surface area contributed by atoms with E-state index in [4.69, 9.17) is 33.5 Å². The molecule has 0 saturated carbocycles. The summed E-state index contributed by atoms with van der Waals surface area (Å²) in [6.07, 6.45) is 1.52. The third-order valence-electron chi connectivity index (χ3n) is 12.6. The molecule has 105 heavy (non-hydrogen) atoms. The van der Waals surface area contributed by atoms with Gasteiger partial charge in [-0.05, 0) is 131 Å². The van der Waals surface area contributed by atoms with Gasteiger partial charge in [-0.25, -0.2) is 0 Å². The molecule has 6 aromatic rings. The summed E-state index contributed by atoms with van der Waals surface area (Å²) >= 11 is 0. The van der Waals surface area contributed by atoms with E-state index in [0.29, 0.717) is 68.7 Å². The van der Waals surface area contributed by atoms with Gasteiger partial charge in [0.05, 0.1) is 96.5 Å². The number of hydrogen-bond donors (Lipinski definition) is 3. The van der Waals surface area contributed by atoms with Gasteiger partial charge in [0.1, 0.15) is 6.29 Å². The van der Waals surface area contributed by atoms with Crippen LogP contribution in [0.1, 0.15) is 282 Å². The summed E-state index contributed by atoms with van der Waals surface area (Å²) < 4.78 is 29.1. The highest BCUT2D eigenvalue weighted by atomic mass is 16.5. The zero-order chi connectivity index (χ0) is 82.7. The molecule has 6 aromatic carbocycles. The first-order valence-electron chi connectivity index (χ1n) is 37.8. The van der Waals surface area contributed by atoms with Crippen molar-refractivity contribution >= 4 is 47.9 Å². The van der Waals surface area contributed by atoms with E-state index in [2.05, 4.69) is 19.9 Å². The van der Waals surface area contributed by atoms with E-state index in [1.54, 1.807) is 110 Å². The van der Waals surface area contributed by atoms with E-state index in [1.807, 2.05) is 203 Å². The van der Waals surface area contributed by atoms with Gasteiger partial charge >= 0.3 is 35.8 Å². The topological polar surface area (TPSA) is 253 Å². The second kappa shape index (κ2) is 78.0. The molecule has 0 bridgehead atoms. The van der Waals surface area contributed by atoms with E-state index in [0.717, 1.165) is 50.8 Å². The second-order valence-corrected chi connectivity index (χ2v) is 20.3. The molecule has 0 aromatic heterocycles. The molecule has 0 fully saturated rings. The largest absolute Gasteiger partial charge is 0.466 e. The van der Waals surface area contributed by atoms with Crippen LogP contribution in [0.4, 0.5) is 0 Å². The first kappa shape index (κ1) is 112. The summed E-state index contributed by atoms with van der Waals surface area (Å²) in [6, 6.07) is 44.1. The van der Waals surface area contributed by atoms with Crippen LogP contribution >= 0.6 is 0 Å². The average Bonchev–Trinajstić information content (AvgIpc) is 0.836. The van der Waals surface area contributed by atoms with Gasteiger partial charge in [-0.2, -0.15) is 0 Å². The van der Waals surface area contributed by atoms with Crippen LogP contribution < -0.4 is 0 Å². The zero-order valence-corrected chi connectivity index (χ0v) is 69.8. The first-order chi connectivity index (χ1) is 50.4. The van der Waals surface area contributed by atoms with Crippen LogP contribution in [0.2, 0.25) is 0 Å². The van der Waals surface area contributed by atoms with Crippen LogP contribution in [0.25, 0.3) is 0 Å². The summed E-state index contributed by atoms with van der Waals surface area (Å²) in [5.74, 6) is -1.12. The van der Waals surface area contributed by atoms with Crippen LogP contribution in [0.15, 0.2) is 146 Å². The lowest BCUT2D eigenvalue weighted by molar-refractivity contribution is -0.143. The lowest BCUT2D eigenvalue weighted by Crippen LogP contribution is -2.19. The Bertz CT molecular complexity index is 3040. The van der Waals surface area contributed by atoms with Crippen molar-refractivity contribution in [2.45, 2.75) is 257 Å². The van der Waals surface area contributed by atoms with Gasteiger partial charge in [0.15, 0.2) is 5.78 Å². The van der Waals surface area contributed by atoms with Gasteiger partial charge in [-0.3, -0.25) is 38.4 Å². The molecule has 0 heterocycles. The third-order valence-corrected chi connectivity index (χ3v) is 12.6. The van der Waals surface area contributed by atoms with Gasteiger partial charge in [-0.15, -0.1) is 0 Å². The van der Waals surface area contributed by atoms with Gasteiger partial charge in [0.2, 0.25) is 0 Å². The molecule has 17 nitrogen and oxygen atoms in total. The third kappa shape index (κ3) is 56.4. The molecule has 17 heteroatoms. The highest BCUT2D eigenvalue weighted by Gasteiger charge is 2.21. The van der Waals surface area contributed by atoms with Gasteiger partial charge in [-0.1, -0.05) is 270 Å². The summed E-state index contributed by atoms with van der Waals surface area (Å²) in [4.78, 5) is 89.5. The van der Waals surface area contributed by atoms with Crippen molar-refractivity contribution in [2.24, 2.45) is 0 Å². The van der Waals surface area contributed by atoms with Crippen LogP contribution in [0.5, 0.6) is 0 Å². The lowest BCUT2D eigenvalue weighted by atomic mass is 9.92. The highest BCUT2D eigenvalue weighted by Crippen LogP contribution is 2.25. The van der Waals surface area contributed by atoms with Crippen molar-refractivity contribution in [3.8, 4) is 0 Å². The van der Waals surface area contributed by atoms with Crippen LogP contribution in [0, 0.1) is 0 Å². The number of esters is 6. The maximum atomic E-state index is 11.4. The molecule has 0 amide bonds. The highest BCUT2D eigenvalue weighted by molar-refractivity contribution is 5.96. The Hall–Kier alpha value is -8.64. The fourth-order valence-electron chi connectivity index (χ4n) is 8.55. The van der Waals surface area contributed by atoms with Crippen molar-refractivity contribution in [1.82, 2.24) is 0 Å². The number of hydrogen-bond acceptors (Lipinski definition) is 17. The van der Waals surface area contributed by atoms with Crippen molar-refractivity contribution in [3.63, 3.8) is 0 Å². The standard InChI is InChI=1S/C13H18O3.C13H18O2.C12H16O3.C12H14O3.C11H14O3.C11H12O3.8C2H6/c1-4-16-12(14)9-10-7-5-6-8-11(10)13(2,3)15;1-4-15-13(14)9-11-7-5-6-8-12(11)10(2)3;2*1-3-15-12(14)8-10-6-4-5-7-11(10)9(2)13;2*1-2-14-11(13)7-9-5-3-4-6-10(9)8-12;8*1-2/h5-8,15H,4,9H2,1-3H3;5-8,10H,4,9H2,1-3H3;4-7,9,13H,3,8H2,1-2H3;4-7H,3,8H2,1-2H3;3-6,12H,2,7-8H2,1H3;3-6,8H,2,7H2,1H3;8*1-2H3. The molecule has 0 aliphatic rings. The van der Waals surface area contributed by atoms with Crippen LogP contribution in [-0.4, -0.2) is 103 Å². The number of carbonyl (C=O) groups excluding carboxylic acids is 8. The number of ketones is 1. The monoisotopic (exact) mass is 1470 g/mol. The van der Waals surface area contributed by atoms with Gasteiger partial charge in [0, 0.05) is 11.1 Å². The summed E-state index contributed by atoms with van der Waals surface area (Å²) in [5.41, 5.74) is 8.72. The lowest BCUT2D eigenvalue weighted by Gasteiger charge is -2.21. The van der Waals surface area contributed by atoms with E-state index >= 15 is 0 Å². The van der Waals surface area contributed by atoms with Crippen LogP contribution in [0.3, 0.4) is 0 Å². The van der Waals surface area contributed by atoms with Gasteiger partial charge < -0.3 is 43.7 Å². The van der Waals surface area contributed by atoms with E-state index in [9.17, 15) is 48.6 Å². The Morgan fingerprint density at radius 2 is 0.619 bits per heavy atom. The Labute approximate surface area is 635 Å². The number of aliphatic hydroxyl groups is 3. The maximum absolute atomic E-state index is 11.4. The molecule has 6 rings (SSSR count). The molecule has 1 unspecified atom stereocenters. The maximum Gasteiger partial charge on any atom is 0.310 e. The second-order valence-electron chi connectivity index (χ2n) is 20.3. The Balaban J connectivity index is -0.000000172. The Morgan fingerprint density at radius 1 is 0.362 bits per heavy atom. The van der Waals surface area contributed by atoms with Gasteiger partial charge in [0.25, 0.3) is 0 Å². The van der Waals surface area contributed by atoms with Crippen molar-refractivity contribution in [3.05, 3.63) is 212 Å². The number of Topliss-reactive ketones (excluding diaryl/α,β-unsaturated/α-hetero) is 1. The molecule has 0 aliphatic heterocycles. The average molecular weight is 1470 g/mol. The molecule has 0 aliphatic carbocycles. The zero-order valence-electron chi connectivity index (χ0n) is 69.8. The number of aldehydes is 1. The Morgan fingerprint density at radius 3 is 0.952 bits per heavy atom. The van der Waals surface area contributed by atoms with E-state index in [-0.39, 0.29) is 80.3 Å². The molecule has 0 saturated heterocycles. The summed E-state index contributed by atoms with van der Waals surface area (Å²) in [6.45, 7) is 55.8. The summed E-state index contributed by atoms with van der Waals surface area (Å²) in [7, 11) is 0. The number of rotatable bonds is 24. The van der Waals surface area contributed by atoms with Crippen molar-refractivity contribution in [1.29, 1.82) is 0 Å². The molecular weight excluding hydrogens is 1330 g/mol. The normalized spacial score (nSPS) is 9.37. The van der Waals surface area contributed by atoms with E-state index < -0.39 is 11.7 Å². The molecule has 0 spiro atoms. The van der Waals surface area contributed by atoms with Crippen molar-refractivity contribution in [2.75, 3.05) is 39.6 Å². The quantitative estimate of drug-likeness (QED) is 0.0220. The number of ether oxygens (including phenoxy) is 6. The smallest absolute Gasteiger partial charge is 0.310 e. The Kier molecular flexibility index (Phi) is 83.3. The molecule has 594 valence electrons. The minimum Gasteiger partial charge on any atom is -0.466 e. The fourth-order valence-corrected chi connectivity index (χ4v) is 8.55. The minimum atomic E-state index is -0.941. The first-order valence-corrected chi connectivity index (χ1v) is 37.8. The number of benzene rings is 6. The molecule has 3 N–H and O–H groups in total. The predicted octanol–water partition coefficient (Wildman–Crippen LogP) is 19.9. The molecule has 0 radical (unpaired) electrons. The van der Waals surface area contributed by atoms with Crippen LogP contribution in [-0.2, 0) is 108 Å². The minimum absolute atomic E-state index is 0.0325. The number of carbonyl (C=O) groups is 8. The molecular formula is C88H140O17. The fraction of sp³-hybridized carbons (Fsp3) is 0.500. The predicted molar refractivity (Wildman–Crippen MR) is 433 cm³/mol. The molecule has 1 atom stereocenters. The summed E-state index contributed by atoms with van der Waals surface area (Å²) in [5, 5.41) is 28.5.